The predicted octanol–water partition coefficient (Wildman–Crippen LogP) is 2.76. The van der Waals surface area contributed by atoms with Gasteiger partial charge in [0.15, 0.2) is 0 Å². The van der Waals surface area contributed by atoms with Crippen molar-refractivity contribution < 1.29 is 35.5 Å². The highest BCUT2D eigenvalue weighted by atomic mass is 19.4. The van der Waals surface area contributed by atoms with Crippen LogP contribution in [-0.4, -0.2) is 11.3 Å². The summed E-state index contributed by atoms with van der Waals surface area (Å²) in [7, 11) is 0. The van der Waals surface area contributed by atoms with Crippen LogP contribution in [0, 0.1) is 0 Å². The summed E-state index contributed by atoms with van der Waals surface area (Å²) in [4.78, 5) is 12.1. The Hall–Kier alpha value is -1.74. The molecule has 102 valence electrons. The van der Waals surface area contributed by atoms with Crippen LogP contribution < -0.4 is 10.3 Å². The third kappa shape index (κ3) is 3.37. The van der Waals surface area contributed by atoms with E-state index >= 15 is 0 Å². The van der Waals surface area contributed by atoms with Gasteiger partial charge in [-0.05, 0) is 6.07 Å². The van der Waals surface area contributed by atoms with Crippen LogP contribution >= 0.6 is 0 Å². The van der Waals surface area contributed by atoms with Gasteiger partial charge in [-0.3, -0.25) is 9.78 Å². The second-order valence-corrected chi connectivity index (χ2v) is 3.05. The smallest absolute Gasteiger partial charge is 0.389 e. The first kappa shape index (κ1) is 14.3. The molecule has 0 atom stereocenters. The number of pyridine rings is 1. The van der Waals surface area contributed by atoms with E-state index in [9.17, 15) is 35.5 Å². The lowest BCUT2D eigenvalue weighted by atomic mass is 10.2. The van der Waals surface area contributed by atoms with Gasteiger partial charge in [-0.15, -0.1) is 13.2 Å². The summed E-state index contributed by atoms with van der Waals surface area (Å²) in [5.74, 6) is -1.82. The molecule has 1 rings (SSSR count). The van der Waals surface area contributed by atoms with E-state index in [-0.39, 0.29) is 6.07 Å². The molecule has 0 aromatic carbocycles. The standard InChI is InChI=1S/C8H4F7NO2/c9-2-3-1-4(7(10,11)12)6(16-5(3)17)18-8(13,14)15/h1H,2H2,(H,16,17). The van der Waals surface area contributed by atoms with Crippen LogP contribution in [0.5, 0.6) is 5.88 Å². The van der Waals surface area contributed by atoms with Crippen LogP contribution in [0.3, 0.4) is 0 Å². The van der Waals surface area contributed by atoms with Crippen LogP contribution in [0.1, 0.15) is 11.1 Å². The van der Waals surface area contributed by atoms with Crippen molar-refractivity contribution in [2.75, 3.05) is 0 Å². The normalized spacial score (nSPS) is 12.6. The molecule has 0 aliphatic carbocycles. The van der Waals surface area contributed by atoms with Crippen molar-refractivity contribution >= 4 is 0 Å². The molecular weight excluding hydrogens is 275 g/mol. The summed E-state index contributed by atoms with van der Waals surface area (Å²) in [5.41, 5.74) is -4.28. The van der Waals surface area contributed by atoms with Crippen molar-refractivity contribution in [1.29, 1.82) is 0 Å². The molecule has 0 spiro atoms. The lowest BCUT2D eigenvalue weighted by molar-refractivity contribution is -0.278. The van der Waals surface area contributed by atoms with Crippen molar-refractivity contribution in [3.63, 3.8) is 0 Å². The maximum Gasteiger partial charge on any atom is 0.574 e. The van der Waals surface area contributed by atoms with E-state index in [4.69, 9.17) is 0 Å². The highest BCUT2D eigenvalue weighted by Gasteiger charge is 2.40. The quantitative estimate of drug-likeness (QED) is 0.846. The molecule has 0 radical (unpaired) electrons. The van der Waals surface area contributed by atoms with Crippen molar-refractivity contribution in [3.05, 3.63) is 27.5 Å². The molecule has 1 N–H and O–H groups in total. The van der Waals surface area contributed by atoms with Crippen molar-refractivity contribution in [3.8, 4) is 5.88 Å². The molecule has 1 aromatic heterocycles. The number of rotatable bonds is 2. The van der Waals surface area contributed by atoms with Gasteiger partial charge in [-0.25, -0.2) is 4.39 Å². The van der Waals surface area contributed by atoms with Gasteiger partial charge in [0.05, 0.1) is 0 Å². The SMILES string of the molecule is O=c1[nH]c(OC(F)(F)F)c(C(F)(F)F)cc1CF. The van der Waals surface area contributed by atoms with Crippen LogP contribution in [0.4, 0.5) is 30.7 Å². The molecule has 0 aliphatic rings. The summed E-state index contributed by atoms with van der Waals surface area (Å²) >= 11 is 0. The Morgan fingerprint density at radius 3 is 2.11 bits per heavy atom. The fraction of sp³-hybridized carbons (Fsp3) is 0.375. The first-order chi connectivity index (χ1) is 8.04. The van der Waals surface area contributed by atoms with E-state index in [1.807, 2.05) is 0 Å². The Balaban J connectivity index is 3.40. The molecule has 0 aliphatic heterocycles. The Kier molecular flexibility index (Phi) is 3.58. The van der Waals surface area contributed by atoms with Gasteiger partial charge in [0.1, 0.15) is 12.2 Å². The number of nitrogens with one attached hydrogen (secondary N) is 1. The minimum atomic E-state index is -5.42. The summed E-state index contributed by atoms with van der Waals surface area (Å²) < 4.78 is 87.9. The number of H-pyrrole nitrogens is 1. The first-order valence-electron chi connectivity index (χ1n) is 4.19. The largest absolute Gasteiger partial charge is 0.574 e. The van der Waals surface area contributed by atoms with Crippen molar-refractivity contribution in [2.45, 2.75) is 19.2 Å². The van der Waals surface area contributed by atoms with E-state index in [0.717, 1.165) is 0 Å². The van der Waals surface area contributed by atoms with Gasteiger partial charge in [0.2, 0.25) is 5.88 Å². The number of hydrogen-bond acceptors (Lipinski definition) is 2. The van der Waals surface area contributed by atoms with Crippen LogP contribution in [0.25, 0.3) is 0 Å². The molecule has 0 fully saturated rings. The first-order valence-corrected chi connectivity index (χ1v) is 4.19. The zero-order chi connectivity index (χ0) is 14.1. The molecule has 0 bridgehead atoms. The summed E-state index contributed by atoms with van der Waals surface area (Å²) in [6, 6.07) is -0.0279. The van der Waals surface area contributed by atoms with Gasteiger partial charge < -0.3 is 4.74 Å². The Morgan fingerprint density at radius 1 is 1.17 bits per heavy atom. The second kappa shape index (κ2) is 4.50. The van der Waals surface area contributed by atoms with E-state index in [2.05, 4.69) is 4.74 Å². The van der Waals surface area contributed by atoms with Gasteiger partial charge in [-0.2, -0.15) is 13.2 Å². The highest BCUT2D eigenvalue weighted by Crippen LogP contribution is 2.36. The molecule has 0 saturated carbocycles. The third-order valence-corrected chi connectivity index (χ3v) is 1.75. The Labute approximate surface area is 94.2 Å². The highest BCUT2D eigenvalue weighted by molar-refractivity contribution is 5.32. The average Bonchev–Trinajstić information content (AvgIpc) is 2.13. The molecule has 0 amide bonds. The Bertz CT molecular complexity index is 488. The molecule has 0 unspecified atom stereocenters. The molecule has 18 heavy (non-hydrogen) atoms. The average molecular weight is 279 g/mol. The van der Waals surface area contributed by atoms with E-state index < -0.39 is 41.8 Å². The third-order valence-electron chi connectivity index (χ3n) is 1.75. The lowest BCUT2D eigenvalue weighted by Crippen LogP contribution is -2.25. The summed E-state index contributed by atoms with van der Waals surface area (Å²) in [5, 5.41) is 0. The zero-order valence-corrected chi connectivity index (χ0v) is 8.25. The fourth-order valence-electron chi connectivity index (χ4n) is 1.06. The number of alkyl halides is 7. The topological polar surface area (TPSA) is 42.1 Å². The zero-order valence-electron chi connectivity index (χ0n) is 8.25. The fourth-order valence-corrected chi connectivity index (χ4v) is 1.06. The molecule has 0 saturated heterocycles. The van der Waals surface area contributed by atoms with E-state index in [0.29, 0.717) is 0 Å². The lowest BCUT2D eigenvalue weighted by Gasteiger charge is -2.15. The van der Waals surface area contributed by atoms with Gasteiger partial charge in [0, 0.05) is 5.56 Å². The Morgan fingerprint density at radius 2 is 1.72 bits per heavy atom. The maximum absolute atomic E-state index is 12.4. The number of hydrogen-bond donors (Lipinski definition) is 1. The summed E-state index contributed by atoms with van der Waals surface area (Å²) in [6.07, 6.45) is -10.6. The van der Waals surface area contributed by atoms with Gasteiger partial charge in [-0.1, -0.05) is 0 Å². The van der Waals surface area contributed by atoms with Crippen LogP contribution in [0.15, 0.2) is 10.9 Å². The molecule has 3 nitrogen and oxygen atoms in total. The number of aromatic nitrogens is 1. The number of aromatic amines is 1. The molecular formula is C8H4F7NO2. The van der Waals surface area contributed by atoms with Gasteiger partial charge in [0.25, 0.3) is 5.56 Å². The van der Waals surface area contributed by atoms with E-state index in [1.165, 1.54) is 4.98 Å². The summed E-state index contributed by atoms with van der Waals surface area (Å²) in [6.45, 7) is -1.55. The number of halogens is 7. The maximum atomic E-state index is 12.4. The van der Waals surface area contributed by atoms with Crippen molar-refractivity contribution in [1.82, 2.24) is 4.98 Å². The molecule has 1 heterocycles. The predicted molar refractivity (Wildman–Crippen MR) is 43.6 cm³/mol. The van der Waals surface area contributed by atoms with Gasteiger partial charge >= 0.3 is 12.5 Å². The van der Waals surface area contributed by atoms with E-state index in [1.54, 1.807) is 0 Å². The minimum Gasteiger partial charge on any atom is -0.389 e. The molecule has 10 heteroatoms. The minimum absolute atomic E-state index is 0.0279. The number of ether oxygens (including phenoxy) is 1. The second-order valence-electron chi connectivity index (χ2n) is 3.05. The van der Waals surface area contributed by atoms with Crippen molar-refractivity contribution in [2.24, 2.45) is 0 Å². The van der Waals surface area contributed by atoms with Crippen LogP contribution in [-0.2, 0) is 12.9 Å². The monoisotopic (exact) mass is 279 g/mol. The molecule has 1 aromatic rings. The van der Waals surface area contributed by atoms with Crippen LogP contribution in [0.2, 0.25) is 0 Å².